The molecule has 1 N–H and O–H groups in total. The molecule has 0 radical (unpaired) electrons. The van der Waals surface area contributed by atoms with E-state index in [0.717, 1.165) is 12.1 Å². The number of carbonyl (C=O) groups is 1. The van der Waals surface area contributed by atoms with E-state index in [-0.39, 0.29) is 32.4 Å². The fourth-order valence-corrected chi connectivity index (χ4v) is 2.81. The Morgan fingerprint density at radius 3 is 2.46 bits per heavy atom. The molecule has 2 aromatic carbocycles. The summed E-state index contributed by atoms with van der Waals surface area (Å²) in [4.78, 5) is 16.1. The Kier molecular flexibility index (Phi) is 4.97. The predicted octanol–water partition coefficient (Wildman–Crippen LogP) is 3.54. The van der Waals surface area contributed by atoms with E-state index in [1.54, 1.807) is 0 Å². The lowest BCUT2D eigenvalue weighted by Gasteiger charge is -2.26. The average molecular weight is 387 g/mol. The van der Waals surface area contributed by atoms with Crippen molar-refractivity contribution in [3.63, 3.8) is 0 Å². The topological polar surface area (TPSA) is 52.9 Å². The molecule has 136 valence electrons. The van der Waals surface area contributed by atoms with Crippen LogP contribution >= 0.6 is 11.6 Å². The van der Waals surface area contributed by atoms with Crippen molar-refractivity contribution in [3.05, 3.63) is 64.4 Å². The molecule has 2 unspecified atom stereocenters. The summed E-state index contributed by atoms with van der Waals surface area (Å²) in [6, 6.07) is 8.98. The van der Waals surface area contributed by atoms with Gasteiger partial charge in [-0.15, -0.1) is 0 Å². The lowest BCUT2D eigenvalue weighted by Crippen LogP contribution is -2.46. The van der Waals surface area contributed by atoms with E-state index in [2.05, 4.69) is 4.99 Å². The van der Waals surface area contributed by atoms with Gasteiger partial charge in [0.25, 0.3) is 12.3 Å². The van der Waals surface area contributed by atoms with E-state index < -0.39 is 30.7 Å². The number of benzene rings is 2. The Morgan fingerprint density at radius 1 is 1.12 bits per heavy atom. The van der Waals surface area contributed by atoms with Crippen LogP contribution in [-0.2, 0) is 4.79 Å². The quantitative estimate of drug-likeness (QED) is 0.648. The highest BCUT2D eigenvalue weighted by atomic mass is 35.5. The first-order valence-corrected chi connectivity index (χ1v) is 7.75. The Labute approximate surface area is 150 Å². The summed E-state index contributed by atoms with van der Waals surface area (Å²) < 4.78 is 54.2. The van der Waals surface area contributed by atoms with Gasteiger partial charge in [-0.2, -0.15) is 0 Å². The molecule has 0 spiro atoms. The van der Waals surface area contributed by atoms with Gasteiger partial charge in [0.2, 0.25) is 12.5 Å². The second kappa shape index (κ2) is 7.05. The van der Waals surface area contributed by atoms with Crippen molar-refractivity contribution in [2.24, 2.45) is 4.99 Å². The van der Waals surface area contributed by atoms with Gasteiger partial charge < -0.3 is 5.11 Å². The molecule has 0 bridgehead atoms. The number of carbonyl (C=O) groups excluding carboxylic acids is 1. The normalized spacial score (nSPS) is 18.4. The third kappa shape index (κ3) is 3.17. The van der Waals surface area contributed by atoms with Gasteiger partial charge in [0, 0.05) is 16.1 Å². The molecular weight excluding hydrogens is 376 g/mol. The number of benzodiazepines with no additional fused rings is 1. The SMILES string of the molecule is O=C1C(O)N=C(c2ccccc2F)c2cc(Cl)ccc2N1C(F)C(F)F. The van der Waals surface area contributed by atoms with E-state index in [4.69, 9.17) is 11.6 Å². The molecular formula is C17H11ClF4N2O2. The first-order valence-electron chi connectivity index (χ1n) is 7.37. The Bertz CT molecular complexity index is 891. The summed E-state index contributed by atoms with van der Waals surface area (Å²) in [5.41, 5.74) is -0.663. The average Bonchev–Trinajstić information content (AvgIpc) is 2.70. The molecule has 1 heterocycles. The Hall–Kier alpha value is -2.45. The maximum absolute atomic E-state index is 14.2. The Morgan fingerprint density at radius 2 is 1.81 bits per heavy atom. The zero-order valence-electron chi connectivity index (χ0n) is 12.9. The van der Waals surface area contributed by atoms with Crippen molar-refractivity contribution >= 4 is 28.9 Å². The van der Waals surface area contributed by atoms with Crippen LogP contribution in [0.25, 0.3) is 0 Å². The number of aliphatic hydroxyl groups excluding tert-OH is 1. The lowest BCUT2D eigenvalue weighted by molar-refractivity contribution is -0.128. The minimum atomic E-state index is -3.52. The second-order valence-corrected chi connectivity index (χ2v) is 5.84. The van der Waals surface area contributed by atoms with Crippen molar-refractivity contribution < 1.29 is 27.5 Å². The molecule has 4 nitrogen and oxygen atoms in total. The van der Waals surface area contributed by atoms with Crippen LogP contribution < -0.4 is 4.90 Å². The largest absolute Gasteiger partial charge is 0.364 e. The zero-order chi connectivity index (χ0) is 19.0. The molecule has 1 aliphatic rings. The smallest absolute Gasteiger partial charge is 0.288 e. The standard InChI is InChI=1S/C17H11ClF4N2O2/c18-8-5-6-12-10(7-8)13(9-3-1-2-4-11(9)19)23-16(25)17(26)24(12)15(22)14(20)21/h1-7,14-16,25H. The van der Waals surface area contributed by atoms with Crippen LogP contribution in [-0.4, -0.2) is 35.7 Å². The highest BCUT2D eigenvalue weighted by Crippen LogP contribution is 2.33. The van der Waals surface area contributed by atoms with Crippen molar-refractivity contribution in [1.29, 1.82) is 0 Å². The van der Waals surface area contributed by atoms with Crippen LogP contribution in [0.5, 0.6) is 0 Å². The number of halogens is 5. The van der Waals surface area contributed by atoms with Gasteiger partial charge in [0.1, 0.15) is 5.82 Å². The number of anilines is 1. The molecule has 0 aromatic heterocycles. The van der Waals surface area contributed by atoms with Crippen LogP contribution in [0.3, 0.4) is 0 Å². The minimum Gasteiger partial charge on any atom is -0.364 e. The third-order valence-corrected chi connectivity index (χ3v) is 4.00. The van der Waals surface area contributed by atoms with E-state index >= 15 is 0 Å². The van der Waals surface area contributed by atoms with Crippen LogP contribution in [0.1, 0.15) is 11.1 Å². The number of aliphatic imine (C=N–C) groups is 1. The first kappa shape index (κ1) is 18.3. The summed E-state index contributed by atoms with van der Waals surface area (Å²) in [6.07, 6.45) is -8.73. The summed E-state index contributed by atoms with van der Waals surface area (Å²) in [7, 11) is 0. The second-order valence-electron chi connectivity index (χ2n) is 5.41. The number of rotatable bonds is 3. The van der Waals surface area contributed by atoms with Gasteiger partial charge in [-0.25, -0.2) is 22.6 Å². The zero-order valence-corrected chi connectivity index (χ0v) is 13.7. The fourth-order valence-electron chi connectivity index (χ4n) is 2.63. The van der Waals surface area contributed by atoms with Crippen LogP contribution in [0, 0.1) is 5.82 Å². The molecule has 0 aliphatic carbocycles. The van der Waals surface area contributed by atoms with Gasteiger partial charge in [-0.05, 0) is 30.3 Å². The van der Waals surface area contributed by atoms with E-state index in [9.17, 15) is 27.5 Å². The molecule has 2 atom stereocenters. The number of amides is 1. The molecule has 1 aliphatic heterocycles. The fraction of sp³-hybridized carbons (Fsp3) is 0.176. The monoisotopic (exact) mass is 386 g/mol. The highest BCUT2D eigenvalue weighted by Gasteiger charge is 2.39. The summed E-state index contributed by atoms with van der Waals surface area (Å²) in [5, 5.41) is 10.1. The van der Waals surface area contributed by atoms with Crippen LogP contribution in [0.4, 0.5) is 23.2 Å². The van der Waals surface area contributed by atoms with E-state index in [0.29, 0.717) is 0 Å². The van der Waals surface area contributed by atoms with E-state index in [1.807, 2.05) is 0 Å². The van der Waals surface area contributed by atoms with Gasteiger partial charge in [-0.1, -0.05) is 23.7 Å². The number of nitrogens with zero attached hydrogens (tertiary/aromatic N) is 2. The number of hydrogen-bond donors (Lipinski definition) is 1. The predicted molar refractivity (Wildman–Crippen MR) is 87.9 cm³/mol. The molecule has 0 saturated heterocycles. The molecule has 26 heavy (non-hydrogen) atoms. The van der Waals surface area contributed by atoms with Crippen molar-refractivity contribution in [2.45, 2.75) is 18.9 Å². The first-order chi connectivity index (χ1) is 12.3. The van der Waals surface area contributed by atoms with Gasteiger partial charge in [-0.3, -0.25) is 9.69 Å². The molecule has 9 heteroatoms. The number of alkyl halides is 3. The number of hydrogen-bond acceptors (Lipinski definition) is 3. The summed E-state index contributed by atoms with van der Waals surface area (Å²) >= 11 is 5.93. The highest BCUT2D eigenvalue weighted by molar-refractivity contribution is 6.32. The molecule has 0 fully saturated rings. The maximum atomic E-state index is 14.2. The van der Waals surface area contributed by atoms with Gasteiger partial charge in [0.15, 0.2) is 0 Å². The third-order valence-electron chi connectivity index (χ3n) is 3.77. The van der Waals surface area contributed by atoms with Gasteiger partial charge in [0.05, 0.1) is 11.4 Å². The maximum Gasteiger partial charge on any atom is 0.288 e. The van der Waals surface area contributed by atoms with E-state index in [1.165, 1.54) is 30.3 Å². The molecule has 3 rings (SSSR count). The number of fused-ring (bicyclic) bond motifs is 1. The van der Waals surface area contributed by atoms with Crippen molar-refractivity contribution in [1.82, 2.24) is 0 Å². The summed E-state index contributed by atoms with van der Waals surface area (Å²) in [6.45, 7) is 0. The summed E-state index contributed by atoms with van der Waals surface area (Å²) in [5.74, 6) is -2.12. The number of aliphatic hydroxyl groups is 1. The minimum absolute atomic E-state index is 0.0594. The van der Waals surface area contributed by atoms with Crippen molar-refractivity contribution in [3.8, 4) is 0 Å². The molecule has 2 aromatic rings. The lowest BCUT2D eigenvalue weighted by atomic mass is 9.99. The molecule has 0 saturated carbocycles. The van der Waals surface area contributed by atoms with Crippen LogP contribution in [0.2, 0.25) is 5.02 Å². The van der Waals surface area contributed by atoms with Crippen LogP contribution in [0.15, 0.2) is 47.5 Å². The van der Waals surface area contributed by atoms with Crippen molar-refractivity contribution in [2.75, 3.05) is 4.90 Å². The van der Waals surface area contributed by atoms with Gasteiger partial charge >= 0.3 is 0 Å². The molecule has 1 amide bonds. The Balaban J connectivity index is 2.29.